The number of amides is 2. The van der Waals surface area contributed by atoms with Gasteiger partial charge in [0.05, 0.1) is 18.7 Å². The Kier molecular flexibility index (Phi) is 7.18. The number of hydrogen-bond donors (Lipinski definition) is 2. The number of H-pyrrole nitrogens is 1. The fraction of sp³-hybridized carbons (Fsp3) is 0.190. The third kappa shape index (κ3) is 5.24. The van der Waals surface area contributed by atoms with Crippen molar-refractivity contribution in [3.8, 4) is 0 Å². The standard InChI is InChI=1S/C21H21ClN4O4/c1-15(28)25(23-13-16-6-2-4-8-18(16)22)10-11-30-26(14-27)21-12-20(29)17-7-3-5-9-19(17)24-21/h2-9,12,14,23H,10-11,13H2,1H3,(H,24,29). The zero-order chi connectivity index (χ0) is 21.5. The van der Waals surface area contributed by atoms with Crippen LogP contribution in [0.4, 0.5) is 5.82 Å². The lowest BCUT2D eigenvalue weighted by Crippen LogP contribution is -2.44. The fourth-order valence-corrected chi connectivity index (χ4v) is 3.06. The van der Waals surface area contributed by atoms with Gasteiger partial charge >= 0.3 is 0 Å². The quantitative estimate of drug-likeness (QED) is 0.403. The van der Waals surface area contributed by atoms with Crippen LogP contribution in [-0.4, -0.2) is 35.5 Å². The monoisotopic (exact) mass is 428 g/mol. The number of halogens is 1. The topological polar surface area (TPSA) is 94.7 Å². The maximum absolute atomic E-state index is 12.2. The number of fused-ring (bicyclic) bond motifs is 1. The molecule has 0 saturated heterocycles. The summed E-state index contributed by atoms with van der Waals surface area (Å²) in [5, 5.41) is 3.41. The van der Waals surface area contributed by atoms with E-state index in [2.05, 4.69) is 10.4 Å². The summed E-state index contributed by atoms with van der Waals surface area (Å²) in [6.07, 6.45) is 0.454. The smallest absolute Gasteiger partial charge is 0.239 e. The molecule has 9 heteroatoms. The van der Waals surface area contributed by atoms with Gasteiger partial charge in [0.15, 0.2) is 5.43 Å². The number of aromatic amines is 1. The number of nitrogens with one attached hydrogen (secondary N) is 2. The number of para-hydroxylation sites is 1. The van der Waals surface area contributed by atoms with Crippen LogP contribution in [0.15, 0.2) is 59.4 Å². The predicted octanol–water partition coefficient (Wildman–Crippen LogP) is 2.63. The van der Waals surface area contributed by atoms with Gasteiger partial charge in [-0.1, -0.05) is 41.9 Å². The summed E-state index contributed by atoms with van der Waals surface area (Å²) in [6.45, 7) is 1.96. The average molecular weight is 429 g/mol. The van der Waals surface area contributed by atoms with Crippen molar-refractivity contribution in [1.82, 2.24) is 15.4 Å². The first-order chi connectivity index (χ1) is 14.5. The highest BCUT2D eigenvalue weighted by Crippen LogP contribution is 2.15. The van der Waals surface area contributed by atoms with Gasteiger partial charge in [-0.15, -0.1) is 0 Å². The minimum Gasteiger partial charge on any atom is -0.339 e. The summed E-state index contributed by atoms with van der Waals surface area (Å²) < 4.78 is 0. The van der Waals surface area contributed by atoms with E-state index in [-0.39, 0.29) is 30.3 Å². The molecule has 2 N–H and O–H groups in total. The second-order valence-electron chi connectivity index (χ2n) is 6.43. The van der Waals surface area contributed by atoms with E-state index in [9.17, 15) is 14.4 Å². The van der Waals surface area contributed by atoms with Crippen molar-refractivity contribution < 1.29 is 14.4 Å². The van der Waals surface area contributed by atoms with Gasteiger partial charge in [0.2, 0.25) is 12.3 Å². The molecule has 0 spiro atoms. The fourth-order valence-electron chi connectivity index (χ4n) is 2.86. The van der Waals surface area contributed by atoms with Crippen LogP contribution >= 0.6 is 11.6 Å². The van der Waals surface area contributed by atoms with Gasteiger partial charge in [0.1, 0.15) is 5.82 Å². The lowest BCUT2D eigenvalue weighted by atomic mass is 10.2. The normalized spacial score (nSPS) is 10.7. The molecule has 8 nitrogen and oxygen atoms in total. The Balaban J connectivity index is 1.62. The molecule has 0 unspecified atom stereocenters. The Morgan fingerprint density at radius 2 is 1.93 bits per heavy atom. The first-order valence-corrected chi connectivity index (χ1v) is 9.62. The molecule has 2 aromatic carbocycles. The number of hydrazine groups is 1. The maximum Gasteiger partial charge on any atom is 0.239 e. The largest absolute Gasteiger partial charge is 0.339 e. The van der Waals surface area contributed by atoms with Gasteiger partial charge in [0.25, 0.3) is 0 Å². The third-order valence-corrected chi connectivity index (χ3v) is 4.77. The van der Waals surface area contributed by atoms with Gasteiger partial charge in [-0.3, -0.25) is 24.2 Å². The second-order valence-corrected chi connectivity index (χ2v) is 6.83. The van der Waals surface area contributed by atoms with Gasteiger partial charge in [-0.05, 0) is 23.8 Å². The molecule has 3 aromatic rings. The number of pyridine rings is 1. The molecule has 0 fully saturated rings. The maximum atomic E-state index is 12.2. The lowest BCUT2D eigenvalue weighted by molar-refractivity contribution is -0.133. The van der Waals surface area contributed by atoms with E-state index in [4.69, 9.17) is 16.4 Å². The van der Waals surface area contributed by atoms with Gasteiger partial charge in [-0.2, -0.15) is 5.06 Å². The van der Waals surface area contributed by atoms with Crippen LogP contribution in [0, 0.1) is 0 Å². The van der Waals surface area contributed by atoms with Crippen molar-refractivity contribution in [3.05, 3.63) is 75.4 Å². The Labute approximate surface area is 177 Å². The van der Waals surface area contributed by atoms with Crippen molar-refractivity contribution >= 4 is 40.6 Å². The molecule has 1 heterocycles. The molecule has 0 aliphatic heterocycles. The molecule has 30 heavy (non-hydrogen) atoms. The number of rotatable bonds is 9. The molecule has 0 bridgehead atoms. The molecule has 0 saturated carbocycles. The molecule has 156 valence electrons. The van der Waals surface area contributed by atoms with Crippen LogP contribution in [0.5, 0.6) is 0 Å². The summed E-state index contributed by atoms with van der Waals surface area (Å²) in [4.78, 5) is 44.1. The zero-order valence-electron chi connectivity index (χ0n) is 16.3. The van der Waals surface area contributed by atoms with Crippen LogP contribution in [-0.2, 0) is 21.0 Å². The molecule has 1 aromatic heterocycles. The number of hydrogen-bond acceptors (Lipinski definition) is 5. The molecule has 0 radical (unpaired) electrons. The minimum atomic E-state index is -0.235. The van der Waals surface area contributed by atoms with E-state index in [0.29, 0.717) is 28.9 Å². The van der Waals surface area contributed by atoms with Crippen LogP contribution in [0.3, 0.4) is 0 Å². The predicted molar refractivity (Wildman–Crippen MR) is 115 cm³/mol. The van der Waals surface area contributed by atoms with Gasteiger partial charge in [-0.25, -0.2) is 5.43 Å². The molecule has 3 rings (SSSR count). The van der Waals surface area contributed by atoms with E-state index in [1.165, 1.54) is 18.0 Å². The van der Waals surface area contributed by atoms with Crippen molar-refractivity contribution in [2.24, 2.45) is 0 Å². The second kappa shape index (κ2) is 10.0. The first-order valence-electron chi connectivity index (χ1n) is 9.24. The highest BCUT2D eigenvalue weighted by molar-refractivity contribution is 6.31. The highest BCUT2D eigenvalue weighted by Gasteiger charge is 2.13. The number of carbonyl (C=O) groups excluding carboxylic acids is 2. The Morgan fingerprint density at radius 1 is 1.20 bits per heavy atom. The summed E-state index contributed by atoms with van der Waals surface area (Å²) in [5.74, 6) is -0.0190. The molecule has 0 atom stereocenters. The van der Waals surface area contributed by atoms with E-state index in [1.807, 2.05) is 18.2 Å². The number of anilines is 1. The molecule has 0 aliphatic rings. The van der Waals surface area contributed by atoms with Crippen molar-refractivity contribution in [2.75, 3.05) is 18.2 Å². The van der Waals surface area contributed by atoms with Gasteiger partial charge in [0, 0.05) is 29.9 Å². The van der Waals surface area contributed by atoms with E-state index in [0.717, 1.165) is 10.6 Å². The molecule has 0 aliphatic carbocycles. The van der Waals surface area contributed by atoms with Crippen LogP contribution in [0.25, 0.3) is 10.9 Å². The Bertz CT molecular complexity index is 1100. The SMILES string of the molecule is CC(=O)N(CCON(C=O)c1cc(=O)c2ccccc2[nH]1)NCc1ccccc1Cl. The van der Waals surface area contributed by atoms with Gasteiger partial charge < -0.3 is 4.98 Å². The van der Waals surface area contributed by atoms with E-state index in [1.54, 1.807) is 30.3 Å². The van der Waals surface area contributed by atoms with Crippen LogP contribution in [0.1, 0.15) is 12.5 Å². The highest BCUT2D eigenvalue weighted by atomic mass is 35.5. The Hall–Kier alpha value is -3.20. The minimum absolute atomic E-state index is 0.0166. The van der Waals surface area contributed by atoms with Crippen LogP contribution in [0.2, 0.25) is 5.02 Å². The lowest BCUT2D eigenvalue weighted by Gasteiger charge is -2.24. The average Bonchev–Trinajstić information content (AvgIpc) is 2.74. The molecule has 2 amide bonds. The summed E-state index contributed by atoms with van der Waals surface area (Å²) >= 11 is 6.13. The summed E-state index contributed by atoms with van der Waals surface area (Å²) in [5.41, 5.74) is 4.19. The zero-order valence-corrected chi connectivity index (χ0v) is 17.1. The van der Waals surface area contributed by atoms with Crippen molar-refractivity contribution in [2.45, 2.75) is 13.5 Å². The summed E-state index contributed by atoms with van der Waals surface area (Å²) in [6, 6.07) is 15.6. The van der Waals surface area contributed by atoms with Crippen LogP contribution < -0.4 is 15.9 Å². The van der Waals surface area contributed by atoms with E-state index < -0.39 is 0 Å². The number of aromatic nitrogens is 1. The molecular formula is C21H21ClN4O4. The number of hydroxylamine groups is 1. The molecular weight excluding hydrogens is 408 g/mol. The first kappa shape index (κ1) is 21.5. The van der Waals surface area contributed by atoms with Crippen molar-refractivity contribution in [1.29, 1.82) is 0 Å². The van der Waals surface area contributed by atoms with E-state index >= 15 is 0 Å². The Morgan fingerprint density at radius 3 is 2.67 bits per heavy atom. The third-order valence-electron chi connectivity index (χ3n) is 4.40. The number of carbonyl (C=O) groups is 2. The van der Waals surface area contributed by atoms with Crippen molar-refractivity contribution in [3.63, 3.8) is 0 Å². The number of nitrogens with zero attached hydrogens (tertiary/aromatic N) is 2. The number of benzene rings is 2. The summed E-state index contributed by atoms with van der Waals surface area (Å²) in [7, 11) is 0.